The number of ether oxygens (including phenoxy) is 2. The number of pyridine rings is 1. The first-order valence-corrected chi connectivity index (χ1v) is 8.70. The van der Waals surface area contributed by atoms with Crippen molar-refractivity contribution in [1.82, 2.24) is 10.3 Å². The third kappa shape index (κ3) is 3.71. The number of fused-ring (bicyclic) bond motifs is 1. The van der Waals surface area contributed by atoms with Crippen LogP contribution in [0.4, 0.5) is 0 Å². The molecule has 2 aromatic rings. The largest absolute Gasteiger partial charge is 0.490 e. The van der Waals surface area contributed by atoms with Crippen molar-refractivity contribution in [2.24, 2.45) is 5.73 Å². The summed E-state index contributed by atoms with van der Waals surface area (Å²) in [5.74, 6) is 0.319. The molecule has 26 heavy (non-hydrogen) atoms. The number of hydrogen-bond acceptors (Lipinski definition) is 5. The van der Waals surface area contributed by atoms with E-state index < -0.39 is 5.91 Å². The SMILES string of the molecule is CC(C)Oc1cc2c(O[C@@H](C)C3CCC(=O)N3)nccc2cc1C(N)=O. The molecular weight excluding hydrogens is 334 g/mol. The second kappa shape index (κ2) is 7.19. The van der Waals surface area contributed by atoms with Gasteiger partial charge in [-0.2, -0.15) is 0 Å². The van der Waals surface area contributed by atoms with Crippen LogP contribution in [0.15, 0.2) is 24.4 Å². The molecule has 138 valence electrons. The van der Waals surface area contributed by atoms with Crippen LogP contribution >= 0.6 is 0 Å². The number of hydrogen-bond donors (Lipinski definition) is 2. The van der Waals surface area contributed by atoms with Gasteiger partial charge in [0.25, 0.3) is 5.91 Å². The van der Waals surface area contributed by atoms with Gasteiger partial charge in [-0.1, -0.05) is 0 Å². The first-order chi connectivity index (χ1) is 12.3. The van der Waals surface area contributed by atoms with Gasteiger partial charge in [-0.3, -0.25) is 9.59 Å². The minimum absolute atomic E-state index is 0.0371. The first-order valence-electron chi connectivity index (χ1n) is 8.70. The summed E-state index contributed by atoms with van der Waals surface area (Å²) in [6.45, 7) is 5.65. The smallest absolute Gasteiger partial charge is 0.252 e. The average molecular weight is 357 g/mol. The van der Waals surface area contributed by atoms with E-state index in [1.54, 1.807) is 24.4 Å². The van der Waals surface area contributed by atoms with E-state index in [4.69, 9.17) is 15.2 Å². The Morgan fingerprint density at radius 3 is 2.69 bits per heavy atom. The summed E-state index contributed by atoms with van der Waals surface area (Å²) < 4.78 is 11.8. The lowest BCUT2D eigenvalue weighted by Gasteiger charge is -2.21. The van der Waals surface area contributed by atoms with Crippen LogP contribution in [0.1, 0.15) is 44.0 Å². The van der Waals surface area contributed by atoms with Gasteiger partial charge in [-0.25, -0.2) is 4.98 Å². The maximum Gasteiger partial charge on any atom is 0.252 e. The summed E-state index contributed by atoms with van der Waals surface area (Å²) in [6.07, 6.45) is 2.52. The van der Waals surface area contributed by atoms with Gasteiger partial charge in [0.15, 0.2) is 0 Å². The molecule has 1 aliphatic heterocycles. The van der Waals surface area contributed by atoms with Gasteiger partial charge in [0.05, 0.1) is 17.7 Å². The number of aromatic nitrogens is 1. The minimum Gasteiger partial charge on any atom is -0.490 e. The van der Waals surface area contributed by atoms with Gasteiger partial charge in [0, 0.05) is 18.0 Å². The quantitative estimate of drug-likeness (QED) is 0.824. The van der Waals surface area contributed by atoms with Crippen molar-refractivity contribution in [2.45, 2.75) is 51.9 Å². The van der Waals surface area contributed by atoms with Gasteiger partial charge in [0.1, 0.15) is 11.9 Å². The van der Waals surface area contributed by atoms with Crippen molar-refractivity contribution in [2.75, 3.05) is 0 Å². The Bertz CT molecular complexity index is 850. The highest BCUT2D eigenvalue weighted by atomic mass is 16.5. The van der Waals surface area contributed by atoms with Crippen molar-refractivity contribution in [1.29, 1.82) is 0 Å². The Morgan fingerprint density at radius 2 is 2.08 bits per heavy atom. The van der Waals surface area contributed by atoms with Gasteiger partial charge >= 0.3 is 0 Å². The van der Waals surface area contributed by atoms with Crippen molar-refractivity contribution < 1.29 is 19.1 Å². The highest BCUT2D eigenvalue weighted by Crippen LogP contribution is 2.32. The molecule has 0 radical (unpaired) electrons. The van der Waals surface area contributed by atoms with Crippen molar-refractivity contribution in [3.63, 3.8) is 0 Å². The molecule has 3 N–H and O–H groups in total. The number of nitrogens with zero attached hydrogens (tertiary/aromatic N) is 1. The van der Waals surface area contributed by atoms with E-state index in [-0.39, 0.29) is 24.2 Å². The zero-order chi connectivity index (χ0) is 18.8. The predicted molar refractivity (Wildman–Crippen MR) is 97.3 cm³/mol. The van der Waals surface area contributed by atoms with E-state index in [1.807, 2.05) is 20.8 Å². The summed E-state index contributed by atoms with van der Waals surface area (Å²) in [7, 11) is 0. The number of carbonyl (C=O) groups excluding carboxylic acids is 2. The molecule has 0 spiro atoms. The number of carbonyl (C=O) groups is 2. The Morgan fingerprint density at radius 1 is 1.31 bits per heavy atom. The molecule has 1 fully saturated rings. The first kappa shape index (κ1) is 18.0. The number of amides is 2. The summed E-state index contributed by atoms with van der Waals surface area (Å²) in [6, 6.07) is 5.16. The molecule has 1 aromatic heterocycles. The van der Waals surface area contributed by atoms with E-state index in [1.165, 1.54) is 0 Å². The molecule has 7 heteroatoms. The zero-order valence-electron chi connectivity index (χ0n) is 15.1. The fraction of sp³-hybridized carbons (Fsp3) is 0.421. The summed E-state index contributed by atoms with van der Waals surface area (Å²) in [4.78, 5) is 27.5. The standard InChI is InChI=1S/C19H23N3O4/c1-10(2)25-16-9-13-12(8-14(16)18(20)24)6-7-21-19(13)26-11(3)15-4-5-17(23)22-15/h6-11,15H,4-5H2,1-3H3,(H2,20,24)(H,22,23)/t11-,15?/m0/s1. The predicted octanol–water partition coefficient (Wildman–Crippen LogP) is 2.17. The molecular formula is C19H23N3O4. The third-order valence-electron chi connectivity index (χ3n) is 4.35. The number of rotatable bonds is 6. The maximum absolute atomic E-state index is 11.8. The Kier molecular flexibility index (Phi) is 4.97. The second-order valence-corrected chi connectivity index (χ2v) is 6.75. The Balaban J connectivity index is 1.97. The van der Waals surface area contributed by atoms with Crippen LogP contribution in [-0.4, -0.2) is 35.0 Å². The molecule has 1 aliphatic rings. The molecule has 1 aromatic carbocycles. The van der Waals surface area contributed by atoms with E-state index in [2.05, 4.69) is 10.3 Å². The molecule has 1 saturated heterocycles. The third-order valence-corrected chi connectivity index (χ3v) is 4.35. The fourth-order valence-corrected chi connectivity index (χ4v) is 3.06. The fourth-order valence-electron chi connectivity index (χ4n) is 3.06. The van der Waals surface area contributed by atoms with Gasteiger partial charge < -0.3 is 20.5 Å². The Labute approximate surface area is 151 Å². The number of nitrogens with two attached hydrogens (primary N) is 1. The van der Waals surface area contributed by atoms with Crippen LogP contribution in [-0.2, 0) is 4.79 Å². The van der Waals surface area contributed by atoms with Gasteiger partial charge in [0.2, 0.25) is 11.8 Å². The number of nitrogens with one attached hydrogen (secondary N) is 1. The molecule has 0 bridgehead atoms. The highest BCUT2D eigenvalue weighted by molar-refractivity contribution is 6.01. The van der Waals surface area contributed by atoms with Gasteiger partial charge in [-0.05, 0) is 50.8 Å². The van der Waals surface area contributed by atoms with Gasteiger partial charge in [-0.15, -0.1) is 0 Å². The lowest BCUT2D eigenvalue weighted by atomic mass is 10.1. The lowest BCUT2D eigenvalue weighted by Crippen LogP contribution is -2.38. The molecule has 2 amide bonds. The van der Waals surface area contributed by atoms with Crippen LogP contribution in [0.3, 0.4) is 0 Å². The molecule has 2 atom stereocenters. The Hall–Kier alpha value is -2.83. The van der Waals surface area contributed by atoms with Crippen LogP contribution in [0.25, 0.3) is 10.8 Å². The number of primary amides is 1. The molecule has 3 rings (SSSR count). The summed E-state index contributed by atoms with van der Waals surface area (Å²) >= 11 is 0. The lowest BCUT2D eigenvalue weighted by molar-refractivity contribution is -0.119. The molecule has 1 unspecified atom stereocenters. The summed E-state index contributed by atoms with van der Waals surface area (Å²) in [5, 5.41) is 4.41. The number of benzene rings is 1. The van der Waals surface area contributed by atoms with Crippen LogP contribution in [0.2, 0.25) is 0 Å². The minimum atomic E-state index is -0.552. The van der Waals surface area contributed by atoms with E-state index in [9.17, 15) is 9.59 Å². The van der Waals surface area contributed by atoms with Crippen LogP contribution < -0.4 is 20.5 Å². The zero-order valence-corrected chi connectivity index (χ0v) is 15.1. The van der Waals surface area contributed by atoms with Crippen LogP contribution in [0, 0.1) is 0 Å². The van der Waals surface area contributed by atoms with Crippen LogP contribution in [0.5, 0.6) is 11.6 Å². The average Bonchev–Trinajstić information content (AvgIpc) is 3.00. The monoisotopic (exact) mass is 357 g/mol. The van der Waals surface area contributed by atoms with E-state index in [0.717, 1.165) is 17.2 Å². The second-order valence-electron chi connectivity index (χ2n) is 6.75. The molecule has 0 aliphatic carbocycles. The van der Waals surface area contributed by atoms with Crippen molar-refractivity contribution >= 4 is 22.6 Å². The van der Waals surface area contributed by atoms with E-state index >= 15 is 0 Å². The topological polar surface area (TPSA) is 104 Å². The molecule has 7 nitrogen and oxygen atoms in total. The highest BCUT2D eigenvalue weighted by Gasteiger charge is 2.28. The summed E-state index contributed by atoms with van der Waals surface area (Å²) in [5.41, 5.74) is 5.81. The van der Waals surface area contributed by atoms with E-state index in [0.29, 0.717) is 23.6 Å². The van der Waals surface area contributed by atoms with Crippen molar-refractivity contribution in [3.05, 3.63) is 30.0 Å². The maximum atomic E-state index is 11.8. The molecule has 2 heterocycles. The molecule has 0 saturated carbocycles. The normalized spacial score (nSPS) is 18.0. The van der Waals surface area contributed by atoms with Crippen molar-refractivity contribution in [3.8, 4) is 11.6 Å².